The first kappa shape index (κ1) is 11.4. The van der Waals surface area contributed by atoms with Crippen LogP contribution >= 0.6 is 0 Å². The van der Waals surface area contributed by atoms with Gasteiger partial charge in [-0.1, -0.05) is 36.4 Å². The molecule has 1 saturated heterocycles. The van der Waals surface area contributed by atoms with Crippen molar-refractivity contribution in [3.05, 3.63) is 48.0 Å². The molecule has 0 aromatic heterocycles. The van der Waals surface area contributed by atoms with Crippen LogP contribution in [0.2, 0.25) is 0 Å². The van der Waals surface area contributed by atoms with Crippen molar-refractivity contribution in [1.29, 1.82) is 0 Å². The molecule has 2 aromatic carbocycles. The predicted molar refractivity (Wildman–Crippen MR) is 73.9 cm³/mol. The van der Waals surface area contributed by atoms with E-state index in [4.69, 9.17) is 0 Å². The Morgan fingerprint density at radius 2 is 1.72 bits per heavy atom. The fourth-order valence-corrected chi connectivity index (χ4v) is 2.66. The van der Waals surface area contributed by atoms with Crippen molar-refractivity contribution in [2.45, 2.75) is 12.8 Å². The third-order valence-corrected chi connectivity index (χ3v) is 3.74. The van der Waals surface area contributed by atoms with Gasteiger partial charge in [-0.2, -0.15) is 0 Å². The fraction of sp³-hybridized carbons (Fsp3) is 0.312. The molecule has 18 heavy (non-hydrogen) atoms. The van der Waals surface area contributed by atoms with Crippen LogP contribution in [0.5, 0.6) is 0 Å². The summed E-state index contributed by atoms with van der Waals surface area (Å²) in [6.07, 6.45) is 1.93. The average molecular weight is 239 g/mol. The lowest BCUT2D eigenvalue weighted by Crippen LogP contribution is -2.31. The number of carbonyl (C=O) groups excluding carboxylic acids is 1. The van der Waals surface area contributed by atoms with E-state index < -0.39 is 0 Å². The van der Waals surface area contributed by atoms with Crippen LogP contribution in [-0.4, -0.2) is 18.9 Å². The standard InChI is InChI=1S/C16H17NO/c18-16(13-7-9-17-10-8-13)15-6-5-12-3-1-2-4-14(12)11-15/h1-6,11,13,17H,7-10H2. The number of piperidine rings is 1. The van der Waals surface area contributed by atoms with Gasteiger partial charge in [-0.25, -0.2) is 0 Å². The molecule has 0 spiro atoms. The van der Waals surface area contributed by atoms with Crippen molar-refractivity contribution in [1.82, 2.24) is 5.32 Å². The van der Waals surface area contributed by atoms with E-state index in [1.165, 1.54) is 5.39 Å². The van der Waals surface area contributed by atoms with Crippen LogP contribution in [0.15, 0.2) is 42.5 Å². The number of fused-ring (bicyclic) bond motifs is 1. The summed E-state index contributed by atoms with van der Waals surface area (Å²) < 4.78 is 0. The maximum absolute atomic E-state index is 12.4. The molecule has 2 nitrogen and oxygen atoms in total. The molecule has 0 unspecified atom stereocenters. The highest BCUT2D eigenvalue weighted by Gasteiger charge is 2.22. The van der Waals surface area contributed by atoms with E-state index in [0.29, 0.717) is 5.78 Å². The van der Waals surface area contributed by atoms with Crippen molar-refractivity contribution in [3.63, 3.8) is 0 Å². The molecule has 0 bridgehead atoms. The number of rotatable bonds is 2. The van der Waals surface area contributed by atoms with Crippen LogP contribution in [0.4, 0.5) is 0 Å². The zero-order valence-corrected chi connectivity index (χ0v) is 10.4. The quantitative estimate of drug-likeness (QED) is 0.816. The number of Topliss-reactive ketones (excluding diaryl/α,β-unsaturated/α-hetero) is 1. The molecule has 0 aliphatic carbocycles. The Bertz CT molecular complexity index is 570. The number of hydrogen-bond donors (Lipinski definition) is 1. The summed E-state index contributed by atoms with van der Waals surface area (Å²) in [5.74, 6) is 0.509. The molecular weight excluding hydrogens is 222 g/mol. The van der Waals surface area contributed by atoms with E-state index in [1.807, 2.05) is 30.3 Å². The molecule has 1 aliphatic rings. The first-order valence-electron chi connectivity index (χ1n) is 6.58. The maximum atomic E-state index is 12.4. The lowest BCUT2D eigenvalue weighted by atomic mass is 9.89. The van der Waals surface area contributed by atoms with E-state index in [1.54, 1.807) is 0 Å². The molecule has 2 aromatic rings. The Kier molecular flexibility index (Phi) is 3.11. The lowest BCUT2D eigenvalue weighted by Gasteiger charge is -2.21. The summed E-state index contributed by atoms with van der Waals surface area (Å²) in [5.41, 5.74) is 0.862. The first-order chi connectivity index (χ1) is 8.84. The van der Waals surface area contributed by atoms with E-state index in [9.17, 15) is 4.79 Å². The highest BCUT2D eigenvalue weighted by atomic mass is 16.1. The van der Waals surface area contributed by atoms with Gasteiger partial charge in [-0.15, -0.1) is 0 Å². The summed E-state index contributed by atoms with van der Waals surface area (Å²) in [4.78, 5) is 12.4. The Morgan fingerprint density at radius 3 is 2.50 bits per heavy atom. The van der Waals surface area contributed by atoms with E-state index in [-0.39, 0.29) is 5.92 Å². The minimum absolute atomic E-state index is 0.201. The Hall–Kier alpha value is -1.67. The van der Waals surface area contributed by atoms with E-state index in [0.717, 1.165) is 36.9 Å². The normalized spacial score (nSPS) is 16.9. The van der Waals surface area contributed by atoms with Gasteiger partial charge in [-0.05, 0) is 42.8 Å². The third kappa shape index (κ3) is 2.16. The molecular formula is C16H17NO. The van der Waals surface area contributed by atoms with Crippen molar-refractivity contribution in [2.24, 2.45) is 5.92 Å². The number of hydrogen-bond acceptors (Lipinski definition) is 2. The topological polar surface area (TPSA) is 29.1 Å². The van der Waals surface area contributed by atoms with Crippen molar-refractivity contribution in [3.8, 4) is 0 Å². The zero-order valence-electron chi connectivity index (χ0n) is 10.4. The highest BCUT2D eigenvalue weighted by molar-refractivity contribution is 6.01. The molecule has 1 aliphatic heterocycles. The molecule has 1 fully saturated rings. The molecule has 1 N–H and O–H groups in total. The molecule has 1 heterocycles. The average Bonchev–Trinajstić information content (AvgIpc) is 2.47. The van der Waals surface area contributed by atoms with Gasteiger partial charge >= 0.3 is 0 Å². The molecule has 92 valence electrons. The van der Waals surface area contributed by atoms with Gasteiger partial charge in [0.2, 0.25) is 0 Å². The second-order valence-corrected chi connectivity index (χ2v) is 4.95. The maximum Gasteiger partial charge on any atom is 0.166 e. The van der Waals surface area contributed by atoms with Gasteiger partial charge < -0.3 is 5.32 Å². The van der Waals surface area contributed by atoms with Crippen LogP contribution in [0.25, 0.3) is 10.8 Å². The largest absolute Gasteiger partial charge is 0.317 e. The summed E-state index contributed by atoms with van der Waals surface area (Å²) in [6, 6.07) is 14.2. The lowest BCUT2D eigenvalue weighted by molar-refractivity contribution is 0.0895. The van der Waals surface area contributed by atoms with Gasteiger partial charge in [0, 0.05) is 11.5 Å². The molecule has 0 saturated carbocycles. The number of ketones is 1. The number of nitrogens with one attached hydrogen (secondary N) is 1. The Balaban J connectivity index is 1.91. The van der Waals surface area contributed by atoms with Crippen molar-refractivity contribution >= 4 is 16.6 Å². The number of benzene rings is 2. The van der Waals surface area contributed by atoms with Crippen LogP contribution in [0, 0.1) is 5.92 Å². The zero-order chi connectivity index (χ0) is 12.4. The molecule has 0 atom stereocenters. The SMILES string of the molecule is O=C(c1ccc2ccccc2c1)C1CCNCC1. The van der Waals surface area contributed by atoms with Gasteiger partial charge in [0.1, 0.15) is 0 Å². The minimum atomic E-state index is 0.201. The van der Waals surface area contributed by atoms with Crippen molar-refractivity contribution < 1.29 is 4.79 Å². The smallest absolute Gasteiger partial charge is 0.166 e. The van der Waals surface area contributed by atoms with Gasteiger partial charge in [0.05, 0.1) is 0 Å². The van der Waals surface area contributed by atoms with E-state index >= 15 is 0 Å². The van der Waals surface area contributed by atoms with Crippen LogP contribution in [0.3, 0.4) is 0 Å². The molecule has 2 heteroatoms. The minimum Gasteiger partial charge on any atom is -0.317 e. The van der Waals surface area contributed by atoms with Gasteiger partial charge in [0.25, 0.3) is 0 Å². The van der Waals surface area contributed by atoms with Crippen molar-refractivity contribution in [2.75, 3.05) is 13.1 Å². The highest BCUT2D eigenvalue weighted by Crippen LogP contribution is 2.21. The summed E-state index contributed by atoms with van der Waals surface area (Å²) >= 11 is 0. The number of carbonyl (C=O) groups is 1. The second-order valence-electron chi connectivity index (χ2n) is 4.95. The molecule has 3 rings (SSSR count). The van der Waals surface area contributed by atoms with Crippen LogP contribution in [0.1, 0.15) is 23.2 Å². The van der Waals surface area contributed by atoms with E-state index in [2.05, 4.69) is 17.4 Å². The van der Waals surface area contributed by atoms with Crippen LogP contribution < -0.4 is 5.32 Å². The predicted octanol–water partition coefficient (Wildman–Crippen LogP) is 3.02. The Morgan fingerprint density at radius 1 is 1.00 bits per heavy atom. The first-order valence-corrected chi connectivity index (χ1v) is 6.58. The summed E-state index contributed by atoms with van der Waals surface area (Å²) in [7, 11) is 0. The molecule has 0 amide bonds. The second kappa shape index (κ2) is 4.91. The fourth-order valence-electron chi connectivity index (χ4n) is 2.66. The third-order valence-electron chi connectivity index (χ3n) is 3.74. The van der Waals surface area contributed by atoms with Gasteiger partial charge in [0.15, 0.2) is 5.78 Å². The summed E-state index contributed by atoms with van der Waals surface area (Å²) in [6.45, 7) is 1.92. The van der Waals surface area contributed by atoms with Gasteiger partial charge in [-0.3, -0.25) is 4.79 Å². The Labute approximate surface area is 107 Å². The monoisotopic (exact) mass is 239 g/mol. The summed E-state index contributed by atoms with van der Waals surface area (Å²) in [5, 5.41) is 5.64. The van der Waals surface area contributed by atoms with Crippen LogP contribution in [-0.2, 0) is 0 Å². The molecule has 0 radical (unpaired) electrons.